The number of hydrogen-bond acceptors (Lipinski definition) is 3. The summed E-state index contributed by atoms with van der Waals surface area (Å²) in [6.07, 6.45) is 0.00370. The van der Waals surface area contributed by atoms with Gasteiger partial charge in [-0.15, -0.1) is 12.4 Å². The predicted octanol–water partition coefficient (Wildman–Crippen LogP) is 2.45. The maximum Gasteiger partial charge on any atom is 0.222 e. The third-order valence-electron chi connectivity index (χ3n) is 3.61. The van der Waals surface area contributed by atoms with Crippen LogP contribution in [0.5, 0.6) is 0 Å². The number of nitrogens with one attached hydrogen (secondary N) is 1. The van der Waals surface area contributed by atoms with Crippen LogP contribution >= 0.6 is 12.4 Å². The number of benzene rings is 1. The van der Waals surface area contributed by atoms with Crippen LogP contribution in [0.4, 0.5) is 0 Å². The molecule has 0 bridgehead atoms. The third kappa shape index (κ3) is 7.78. The van der Waals surface area contributed by atoms with Crippen LogP contribution in [0.25, 0.3) is 0 Å². The summed E-state index contributed by atoms with van der Waals surface area (Å²) >= 11 is 0. The summed E-state index contributed by atoms with van der Waals surface area (Å²) in [6.45, 7) is 6.73. The monoisotopic (exact) mass is 328 g/mol. The highest BCUT2D eigenvalue weighted by Crippen LogP contribution is 2.13. The van der Waals surface area contributed by atoms with Crippen molar-refractivity contribution >= 4 is 18.3 Å². The van der Waals surface area contributed by atoms with Gasteiger partial charge in [-0.05, 0) is 23.8 Å². The van der Waals surface area contributed by atoms with Gasteiger partial charge in [0.2, 0.25) is 5.91 Å². The average Bonchev–Trinajstić information content (AvgIpc) is 2.44. The first-order chi connectivity index (χ1) is 9.90. The molecule has 3 atom stereocenters. The van der Waals surface area contributed by atoms with Crippen LogP contribution < -0.4 is 11.1 Å². The van der Waals surface area contributed by atoms with Crippen molar-refractivity contribution in [3.8, 4) is 0 Å². The molecule has 4 nitrogen and oxygen atoms in total. The number of halogens is 1. The Morgan fingerprint density at radius 3 is 2.36 bits per heavy atom. The van der Waals surface area contributed by atoms with Gasteiger partial charge in [0.25, 0.3) is 0 Å². The van der Waals surface area contributed by atoms with Gasteiger partial charge in [-0.2, -0.15) is 0 Å². The van der Waals surface area contributed by atoms with E-state index in [0.717, 1.165) is 6.42 Å². The average molecular weight is 329 g/mol. The topological polar surface area (TPSA) is 75.3 Å². The Hall–Kier alpha value is -1.10. The summed E-state index contributed by atoms with van der Waals surface area (Å²) in [7, 11) is 0. The molecule has 0 aliphatic carbocycles. The van der Waals surface area contributed by atoms with Crippen LogP contribution in [-0.2, 0) is 4.79 Å². The molecule has 0 fully saturated rings. The van der Waals surface area contributed by atoms with E-state index in [2.05, 4.69) is 12.2 Å². The lowest BCUT2D eigenvalue weighted by Crippen LogP contribution is -2.40. The standard InChI is InChI=1S/C17H28N2O2.ClH/c1-12(2)9-15(18)16(20)10-17(21)19-11-13(3)14-7-5-4-6-8-14;/h4-8,12-13,15-16,20H,9-11,18H2,1-3H3,(H,19,21);1H/t13-,15?,16?;/m0./s1. The molecule has 0 aromatic heterocycles. The SMILES string of the molecule is CC(C)CC(N)C(O)CC(=O)NC[C@H](C)c1ccccc1.Cl. The number of hydrogen-bond donors (Lipinski definition) is 3. The summed E-state index contributed by atoms with van der Waals surface area (Å²) in [5, 5.41) is 12.8. The molecule has 0 heterocycles. The molecule has 1 rings (SSSR count). The Morgan fingerprint density at radius 2 is 1.82 bits per heavy atom. The van der Waals surface area contributed by atoms with Crippen molar-refractivity contribution in [3.05, 3.63) is 35.9 Å². The Kier molecular flexibility index (Phi) is 10.1. The fourth-order valence-electron chi connectivity index (χ4n) is 2.28. The zero-order valence-electron chi connectivity index (χ0n) is 13.7. The van der Waals surface area contributed by atoms with Crippen LogP contribution in [0.15, 0.2) is 30.3 Å². The highest BCUT2D eigenvalue weighted by molar-refractivity contribution is 5.85. The van der Waals surface area contributed by atoms with Gasteiger partial charge in [-0.25, -0.2) is 0 Å². The minimum Gasteiger partial charge on any atom is -0.391 e. The van der Waals surface area contributed by atoms with E-state index in [-0.39, 0.29) is 36.7 Å². The Morgan fingerprint density at radius 1 is 1.23 bits per heavy atom. The molecule has 0 spiro atoms. The molecule has 1 amide bonds. The molecule has 2 unspecified atom stereocenters. The van der Waals surface area contributed by atoms with E-state index in [1.54, 1.807) is 0 Å². The van der Waals surface area contributed by atoms with Crippen LogP contribution in [-0.4, -0.2) is 29.7 Å². The molecule has 0 radical (unpaired) electrons. The van der Waals surface area contributed by atoms with Crippen molar-refractivity contribution in [1.29, 1.82) is 0 Å². The molecule has 1 aromatic rings. The second-order valence-electron chi connectivity index (χ2n) is 6.18. The molecule has 126 valence electrons. The molecular formula is C17H29ClN2O2. The molecule has 22 heavy (non-hydrogen) atoms. The number of aliphatic hydroxyl groups is 1. The maximum atomic E-state index is 11.9. The van der Waals surface area contributed by atoms with Crippen LogP contribution in [0.3, 0.4) is 0 Å². The summed E-state index contributed by atoms with van der Waals surface area (Å²) in [6, 6.07) is 9.70. The first kappa shape index (κ1) is 20.9. The van der Waals surface area contributed by atoms with Crippen molar-refractivity contribution < 1.29 is 9.90 Å². The van der Waals surface area contributed by atoms with Gasteiger partial charge in [0, 0.05) is 12.6 Å². The Bertz CT molecular complexity index is 426. The van der Waals surface area contributed by atoms with E-state index in [1.165, 1.54) is 5.56 Å². The third-order valence-corrected chi connectivity index (χ3v) is 3.61. The van der Waals surface area contributed by atoms with Crippen molar-refractivity contribution in [2.24, 2.45) is 11.7 Å². The van der Waals surface area contributed by atoms with E-state index in [9.17, 15) is 9.90 Å². The molecule has 4 N–H and O–H groups in total. The van der Waals surface area contributed by atoms with Gasteiger partial charge >= 0.3 is 0 Å². The molecule has 0 aliphatic rings. The van der Waals surface area contributed by atoms with Crippen LogP contribution in [0.1, 0.15) is 45.1 Å². The van der Waals surface area contributed by atoms with Gasteiger partial charge in [-0.3, -0.25) is 4.79 Å². The molecule has 0 saturated carbocycles. The first-order valence-corrected chi connectivity index (χ1v) is 7.65. The Labute approximate surface area is 139 Å². The van der Waals surface area contributed by atoms with Gasteiger partial charge < -0.3 is 16.2 Å². The van der Waals surface area contributed by atoms with E-state index in [1.807, 2.05) is 44.2 Å². The van der Waals surface area contributed by atoms with E-state index in [0.29, 0.717) is 12.5 Å². The molecule has 1 aromatic carbocycles. The predicted molar refractivity (Wildman–Crippen MR) is 93.2 cm³/mol. The minimum absolute atomic E-state index is 0. The molecular weight excluding hydrogens is 300 g/mol. The number of carbonyl (C=O) groups excluding carboxylic acids is 1. The number of aliphatic hydroxyl groups excluding tert-OH is 1. The molecule has 0 aliphatic heterocycles. The van der Waals surface area contributed by atoms with E-state index in [4.69, 9.17) is 5.73 Å². The number of rotatable bonds is 8. The van der Waals surface area contributed by atoms with E-state index < -0.39 is 6.10 Å². The number of nitrogens with two attached hydrogens (primary N) is 1. The van der Waals surface area contributed by atoms with Gasteiger partial charge in [0.05, 0.1) is 12.5 Å². The fraction of sp³-hybridized carbons (Fsp3) is 0.588. The summed E-state index contributed by atoms with van der Waals surface area (Å²) in [5.41, 5.74) is 7.07. The quantitative estimate of drug-likeness (QED) is 0.686. The lowest BCUT2D eigenvalue weighted by atomic mass is 9.98. The fourth-order valence-corrected chi connectivity index (χ4v) is 2.28. The normalized spacial score (nSPS) is 14.8. The van der Waals surface area contributed by atoms with E-state index >= 15 is 0 Å². The first-order valence-electron chi connectivity index (χ1n) is 7.65. The second-order valence-corrected chi connectivity index (χ2v) is 6.18. The van der Waals surface area contributed by atoms with Crippen LogP contribution in [0, 0.1) is 5.92 Å². The molecule has 0 saturated heterocycles. The van der Waals surface area contributed by atoms with Crippen molar-refractivity contribution in [2.75, 3.05) is 6.54 Å². The lowest BCUT2D eigenvalue weighted by molar-refractivity contribution is -0.123. The Balaban J connectivity index is 0.00000441. The zero-order chi connectivity index (χ0) is 15.8. The highest BCUT2D eigenvalue weighted by Gasteiger charge is 2.19. The maximum absolute atomic E-state index is 11.9. The molecule has 5 heteroatoms. The smallest absolute Gasteiger partial charge is 0.222 e. The van der Waals surface area contributed by atoms with Crippen molar-refractivity contribution in [3.63, 3.8) is 0 Å². The van der Waals surface area contributed by atoms with Gasteiger partial charge in [-0.1, -0.05) is 51.1 Å². The van der Waals surface area contributed by atoms with Crippen molar-refractivity contribution in [1.82, 2.24) is 5.32 Å². The summed E-state index contributed by atoms with van der Waals surface area (Å²) < 4.78 is 0. The minimum atomic E-state index is -0.778. The lowest BCUT2D eigenvalue weighted by Gasteiger charge is -2.20. The zero-order valence-corrected chi connectivity index (χ0v) is 14.5. The number of carbonyl (C=O) groups is 1. The number of amides is 1. The van der Waals surface area contributed by atoms with Crippen molar-refractivity contribution in [2.45, 2.75) is 51.7 Å². The largest absolute Gasteiger partial charge is 0.391 e. The highest BCUT2D eigenvalue weighted by atomic mass is 35.5. The van der Waals surface area contributed by atoms with Crippen LogP contribution in [0.2, 0.25) is 0 Å². The summed E-state index contributed by atoms with van der Waals surface area (Å²) in [4.78, 5) is 11.9. The second kappa shape index (κ2) is 10.6. The summed E-state index contributed by atoms with van der Waals surface area (Å²) in [5.74, 6) is 0.511. The van der Waals surface area contributed by atoms with Gasteiger partial charge in [0.15, 0.2) is 0 Å². The van der Waals surface area contributed by atoms with Gasteiger partial charge in [0.1, 0.15) is 0 Å².